The highest BCUT2D eigenvalue weighted by Gasteiger charge is 2.26. The number of rotatable bonds is 5. The third-order valence-corrected chi connectivity index (χ3v) is 4.20. The molecule has 0 saturated carbocycles. The molecule has 3 N–H and O–H groups in total. The van der Waals surface area contributed by atoms with Crippen LogP contribution < -0.4 is 10.5 Å². The first-order valence-electron chi connectivity index (χ1n) is 5.34. The molecule has 0 spiro atoms. The Morgan fingerprint density at radius 2 is 1.90 bits per heavy atom. The van der Waals surface area contributed by atoms with Crippen molar-refractivity contribution in [3.05, 3.63) is 23.0 Å². The highest BCUT2D eigenvalue weighted by Crippen LogP contribution is 2.26. The van der Waals surface area contributed by atoms with Crippen molar-refractivity contribution in [3.63, 3.8) is 0 Å². The van der Waals surface area contributed by atoms with Crippen molar-refractivity contribution in [2.45, 2.75) is 23.9 Å². The highest BCUT2D eigenvalue weighted by atomic mass is 35.5. The number of nitrogen functional groups attached to an aromatic ring is 1. The fourth-order valence-corrected chi connectivity index (χ4v) is 2.95. The Bertz CT molecular complexity index is 590. The number of nitrogens with one attached hydrogen (secondary N) is 1. The summed E-state index contributed by atoms with van der Waals surface area (Å²) in [5.74, 6) is -0.883. The average Bonchev–Trinajstić information content (AvgIpc) is 2.28. The molecule has 20 heavy (non-hydrogen) atoms. The summed E-state index contributed by atoms with van der Waals surface area (Å²) in [5, 5.41) is -0.403. The molecule has 0 bridgehead atoms. The number of nitrogens with two attached hydrogens (primary N) is 1. The summed E-state index contributed by atoms with van der Waals surface area (Å²) in [6.45, 7) is -0.421. The standard InChI is InChI=1S/C10H11ClF4N2O2S/c11-6-4-7(12)8(16)5-9(6)20(18,19)17-3-1-2-10(13,14)15/h4-5,17H,1-3,16H2. The molecule has 1 rings (SSSR count). The van der Waals surface area contributed by atoms with Gasteiger partial charge in [-0.25, -0.2) is 17.5 Å². The summed E-state index contributed by atoms with van der Waals surface area (Å²) in [6.07, 6.45) is -5.89. The number of anilines is 1. The van der Waals surface area contributed by atoms with Crippen molar-refractivity contribution in [3.8, 4) is 0 Å². The molecule has 0 amide bonds. The molecule has 0 aromatic heterocycles. The van der Waals surface area contributed by atoms with Crippen molar-refractivity contribution in [1.82, 2.24) is 4.72 Å². The van der Waals surface area contributed by atoms with Gasteiger partial charge in [0.05, 0.1) is 10.7 Å². The zero-order chi connectivity index (χ0) is 15.6. The fourth-order valence-electron chi connectivity index (χ4n) is 1.32. The lowest BCUT2D eigenvalue weighted by Gasteiger charge is -2.10. The van der Waals surface area contributed by atoms with Crippen LogP contribution in [0.25, 0.3) is 0 Å². The van der Waals surface area contributed by atoms with Crippen LogP contribution in [0.2, 0.25) is 5.02 Å². The minimum Gasteiger partial charge on any atom is -0.396 e. The highest BCUT2D eigenvalue weighted by molar-refractivity contribution is 7.89. The third kappa shape index (κ3) is 4.80. The Morgan fingerprint density at radius 1 is 1.30 bits per heavy atom. The fraction of sp³-hybridized carbons (Fsp3) is 0.400. The van der Waals surface area contributed by atoms with Crippen LogP contribution in [-0.4, -0.2) is 21.1 Å². The molecule has 0 radical (unpaired) electrons. The third-order valence-electron chi connectivity index (χ3n) is 2.27. The Balaban J connectivity index is 2.77. The summed E-state index contributed by atoms with van der Waals surface area (Å²) in [7, 11) is -4.14. The largest absolute Gasteiger partial charge is 0.396 e. The summed E-state index contributed by atoms with van der Waals surface area (Å²) >= 11 is 5.58. The SMILES string of the molecule is Nc1cc(S(=O)(=O)NCCCC(F)(F)F)c(Cl)cc1F. The van der Waals surface area contributed by atoms with Gasteiger partial charge in [-0.15, -0.1) is 0 Å². The van der Waals surface area contributed by atoms with Crippen LogP contribution in [0.1, 0.15) is 12.8 Å². The van der Waals surface area contributed by atoms with Crippen molar-refractivity contribution in [2.24, 2.45) is 0 Å². The second-order valence-corrected chi connectivity index (χ2v) is 6.06. The number of halogens is 5. The number of alkyl halides is 3. The number of benzene rings is 1. The van der Waals surface area contributed by atoms with Gasteiger partial charge in [0, 0.05) is 13.0 Å². The topological polar surface area (TPSA) is 72.2 Å². The maximum absolute atomic E-state index is 13.0. The van der Waals surface area contributed by atoms with Gasteiger partial charge in [0.15, 0.2) is 0 Å². The monoisotopic (exact) mass is 334 g/mol. The van der Waals surface area contributed by atoms with E-state index in [1.165, 1.54) is 0 Å². The zero-order valence-corrected chi connectivity index (χ0v) is 11.5. The molecule has 4 nitrogen and oxygen atoms in total. The minimum absolute atomic E-state index is 0.403. The van der Waals surface area contributed by atoms with E-state index in [4.69, 9.17) is 17.3 Å². The predicted octanol–water partition coefficient (Wildman–Crippen LogP) is 2.68. The van der Waals surface area contributed by atoms with E-state index < -0.39 is 57.0 Å². The van der Waals surface area contributed by atoms with Crippen molar-refractivity contribution >= 4 is 27.3 Å². The van der Waals surface area contributed by atoms with Gasteiger partial charge in [-0.05, 0) is 18.6 Å². The Morgan fingerprint density at radius 3 is 2.45 bits per heavy atom. The average molecular weight is 335 g/mol. The van der Waals surface area contributed by atoms with Crippen molar-refractivity contribution in [1.29, 1.82) is 0 Å². The number of sulfonamides is 1. The van der Waals surface area contributed by atoms with Crippen molar-refractivity contribution in [2.75, 3.05) is 12.3 Å². The maximum Gasteiger partial charge on any atom is 0.389 e. The molecule has 0 atom stereocenters. The van der Waals surface area contributed by atoms with Crippen LogP contribution >= 0.6 is 11.6 Å². The van der Waals surface area contributed by atoms with Crippen LogP contribution in [0.3, 0.4) is 0 Å². The zero-order valence-electron chi connectivity index (χ0n) is 9.97. The summed E-state index contributed by atoms with van der Waals surface area (Å²) in [5.41, 5.74) is 4.80. The molecule has 1 aromatic carbocycles. The maximum atomic E-state index is 13.0. The van der Waals surface area contributed by atoms with Gasteiger partial charge in [-0.2, -0.15) is 13.2 Å². The van der Waals surface area contributed by atoms with Crippen LogP contribution in [0.4, 0.5) is 23.2 Å². The second-order valence-electron chi connectivity index (χ2n) is 3.92. The summed E-state index contributed by atoms with van der Waals surface area (Å²) in [4.78, 5) is -0.481. The van der Waals surface area contributed by atoms with E-state index >= 15 is 0 Å². The molecule has 1 aromatic rings. The molecular formula is C10H11ClF4N2O2S. The van der Waals surface area contributed by atoms with Gasteiger partial charge in [-0.3, -0.25) is 0 Å². The van der Waals surface area contributed by atoms with E-state index in [1.807, 2.05) is 4.72 Å². The van der Waals surface area contributed by atoms with E-state index in [0.29, 0.717) is 0 Å². The van der Waals surface area contributed by atoms with E-state index in [0.717, 1.165) is 12.1 Å². The lowest BCUT2D eigenvalue weighted by molar-refractivity contribution is -0.135. The first kappa shape index (κ1) is 17.0. The number of hydrogen-bond acceptors (Lipinski definition) is 3. The Hall–Kier alpha value is -1.06. The van der Waals surface area contributed by atoms with Gasteiger partial charge >= 0.3 is 6.18 Å². The van der Waals surface area contributed by atoms with Gasteiger partial charge in [0.2, 0.25) is 10.0 Å². The minimum atomic E-state index is -4.36. The smallest absolute Gasteiger partial charge is 0.389 e. The summed E-state index contributed by atoms with van der Waals surface area (Å²) in [6, 6.07) is 1.53. The molecule has 0 fully saturated rings. The van der Waals surface area contributed by atoms with Crippen LogP contribution in [-0.2, 0) is 10.0 Å². The first-order valence-corrected chi connectivity index (χ1v) is 7.20. The van der Waals surface area contributed by atoms with Crippen molar-refractivity contribution < 1.29 is 26.0 Å². The predicted molar refractivity (Wildman–Crippen MR) is 66.3 cm³/mol. The van der Waals surface area contributed by atoms with E-state index in [9.17, 15) is 26.0 Å². The lowest BCUT2D eigenvalue weighted by Crippen LogP contribution is -2.26. The van der Waals surface area contributed by atoms with Gasteiger partial charge < -0.3 is 5.73 Å². The molecule has 0 aliphatic heterocycles. The Kier molecular flexibility index (Phi) is 5.22. The lowest BCUT2D eigenvalue weighted by atomic mass is 10.3. The van der Waals surface area contributed by atoms with Crippen LogP contribution in [0, 0.1) is 5.82 Å². The quantitative estimate of drug-likeness (QED) is 0.494. The van der Waals surface area contributed by atoms with E-state index in [2.05, 4.69) is 0 Å². The molecule has 10 heteroatoms. The van der Waals surface area contributed by atoms with E-state index in [-0.39, 0.29) is 0 Å². The molecule has 0 aliphatic rings. The summed E-state index contributed by atoms with van der Waals surface area (Å²) < 4.78 is 74.3. The normalized spacial score (nSPS) is 12.7. The van der Waals surface area contributed by atoms with Gasteiger partial charge in [-0.1, -0.05) is 11.6 Å². The Labute approximate surface area is 118 Å². The molecular weight excluding hydrogens is 324 g/mol. The second kappa shape index (κ2) is 6.15. The van der Waals surface area contributed by atoms with Gasteiger partial charge in [0.1, 0.15) is 10.7 Å². The molecule has 0 saturated heterocycles. The first-order chi connectivity index (χ1) is 9.03. The molecule has 114 valence electrons. The molecule has 0 unspecified atom stereocenters. The van der Waals surface area contributed by atoms with E-state index in [1.54, 1.807) is 0 Å². The van der Waals surface area contributed by atoms with Crippen LogP contribution in [0.5, 0.6) is 0 Å². The van der Waals surface area contributed by atoms with Crippen LogP contribution in [0.15, 0.2) is 17.0 Å². The number of hydrogen-bond donors (Lipinski definition) is 2. The molecule has 0 heterocycles. The van der Waals surface area contributed by atoms with Gasteiger partial charge in [0.25, 0.3) is 0 Å². The molecule has 0 aliphatic carbocycles.